The molecule has 0 atom stereocenters. The molecule has 1 amide bonds. The van der Waals surface area contributed by atoms with Gasteiger partial charge in [0.25, 0.3) is 5.91 Å². The van der Waals surface area contributed by atoms with Crippen LogP contribution in [0.4, 0.5) is 0 Å². The minimum Gasteiger partial charge on any atom is -0.493 e. The molecule has 1 N–H and O–H groups in total. The second kappa shape index (κ2) is 7.63. The third-order valence-electron chi connectivity index (χ3n) is 2.31. The standard InChI is InChI=1S/C14H21NO4/c1-5-18-12-7-6-11(8-13(12)17-4)14(16)15-19-9-10(2)3/h6-8,10H,5,9H2,1-4H3,(H,15,16). The maximum Gasteiger partial charge on any atom is 0.274 e. The van der Waals surface area contributed by atoms with Crippen LogP contribution in [0.3, 0.4) is 0 Å². The molecule has 5 heteroatoms. The van der Waals surface area contributed by atoms with E-state index in [1.165, 1.54) is 7.11 Å². The van der Waals surface area contributed by atoms with Crippen LogP contribution in [0.25, 0.3) is 0 Å². The van der Waals surface area contributed by atoms with E-state index in [9.17, 15) is 4.79 Å². The van der Waals surface area contributed by atoms with Crippen molar-refractivity contribution in [3.63, 3.8) is 0 Å². The number of methoxy groups -OCH3 is 1. The molecule has 1 aromatic rings. The number of hydrogen-bond acceptors (Lipinski definition) is 4. The third-order valence-corrected chi connectivity index (χ3v) is 2.31. The Labute approximate surface area is 113 Å². The summed E-state index contributed by atoms with van der Waals surface area (Å²) in [5, 5.41) is 0. The van der Waals surface area contributed by atoms with Gasteiger partial charge in [0.1, 0.15) is 0 Å². The van der Waals surface area contributed by atoms with Crippen LogP contribution in [0.1, 0.15) is 31.1 Å². The third kappa shape index (κ3) is 4.79. The Balaban J connectivity index is 2.70. The summed E-state index contributed by atoms with van der Waals surface area (Å²) in [4.78, 5) is 16.9. The van der Waals surface area contributed by atoms with E-state index in [0.717, 1.165) is 0 Å². The maximum atomic E-state index is 11.8. The second-order valence-electron chi connectivity index (χ2n) is 4.43. The molecule has 5 nitrogen and oxygen atoms in total. The molecule has 0 aliphatic rings. The van der Waals surface area contributed by atoms with Crippen LogP contribution in [0.5, 0.6) is 11.5 Å². The first-order valence-corrected chi connectivity index (χ1v) is 6.31. The molecule has 0 fully saturated rings. The number of amides is 1. The van der Waals surface area contributed by atoms with Crippen molar-refractivity contribution in [3.05, 3.63) is 23.8 Å². The minimum atomic E-state index is -0.304. The van der Waals surface area contributed by atoms with Gasteiger partial charge in [0.15, 0.2) is 11.5 Å². The van der Waals surface area contributed by atoms with Gasteiger partial charge in [-0.15, -0.1) is 0 Å². The van der Waals surface area contributed by atoms with Crippen LogP contribution >= 0.6 is 0 Å². The molecule has 0 spiro atoms. The van der Waals surface area contributed by atoms with E-state index >= 15 is 0 Å². The average Bonchev–Trinajstić information content (AvgIpc) is 2.39. The summed E-state index contributed by atoms with van der Waals surface area (Å²) in [5.74, 6) is 1.19. The lowest BCUT2D eigenvalue weighted by Gasteiger charge is -2.11. The van der Waals surface area contributed by atoms with Gasteiger partial charge in [-0.05, 0) is 31.0 Å². The summed E-state index contributed by atoms with van der Waals surface area (Å²) in [7, 11) is 1.54. The lowest BCUT2D eigenvalue weighted by Crippen LogP contribution is -2.25. The van der Waals surface area contributed by atoms with Crippen molar-refractivity contribution in [1.82, 2.24) is 5.48 Å². The predicted octanol–water partition coefficient (Wildman–Crippen LogP) is 2.41. The predicted molar refractivity (Wildman–Crippen MR) is 72.4 cm³/mol. The molecule has 19 heavy (non-hydrogen) atoms. The molecule has 0 saturated heterocycles. The number of hydroxylamine groups is 1. The van der Waals surface area contributed by atoms with Gasteiger partial charge in [-0.3, -0.25) is 9.63 Å². The Hall–Kier alpha value is -1.75. The van der Waals surface area contributed by atoms with Crippen LogP contribution in [0, 0.1) is 5.92 Å². The fourth-order valence-corrected chi connectivity index (χ4v) is 1.42. The number of nitrogens with one attached hydrogen (secondary N) is 1. The number of carbonyl (C=O) groups is 1. The molecule has 106 valence electrons. The molecule has 0 unspecified atom stereocenters. The normalized spacial score (nSPS) is 10.4. The molecule has 0 saturated carbocycles. The highest BCUT2D eigenvalue weighted by Crippen LogP contribution is 2.27. The highest BCUT2D eigenvalue weighted by atomic mass is 16.6. The lowest BCUT2D eigenvalue weighted by atomic mass is 10.2. The molecular weight excluding hydrogens is 246 g/mol. The van der Waals surface area contributed by atoms with Crippen LogP contribution in [0.2, 0.25) is 0 Å². The van der Waals surface area contributed by atoms with Crippen molar-refractivity contribution >= 4 is 5.91 Å². The van der Waals surface area contributed by atoms with Gasteiger partial charge >= 0.3 is 0 Å². The zero-order valence-electron chi connectivity index (χ0n) is 11.9. The van der Waals surface area contributed by atoms with Crippen molar-refractivity contribution in [2.24, 2.45) is 5.92 Å². The Kier molecular flexibility index (Phi) is 6.15. The van der Waals surface area contributed by atoms with Crippen molar-refractivity contribution in [3.8, 4) is 11.5 Å². The van der Waals surface area contributed by atoms with Gasteiger partial charge in [-0.1, -0.05) is 13.8 Å². The summed E-state index contributed by atoms with van der Waals surface area (Å²) in [6, 6.07) is 5.00. The molecular formula is C14H21NO4. The first kappa shape index (κ1) is 15.3. The van der Waals surface area contributed by atoms with E-state index in [0.29, 0.717) is 36.2 Å². The highest BCUT2D eigenvalue weighted by molar-refractivity contribution is 5.94. The fourth-order valence-electron chi connectivity index (χ4n) is 1.42. The van der Waals surface area contributed by atoms with Crippen LogP contribution in [0.15, 0.2) is 18.2 Å². The summed E-state index contributed by atoms with van der Waals surface area (Å²) in [6.45, 7) is 6.91. The van der Waals surface area contributed by atoms with E-state index in [1.807, 2.05) is 20.8 Å². The number of carbonyl (C=O) groups excluding carboxylic acids is 1. The fraction of sp³-hybridized carbons (Fsp3) is 0.500. The lowest BCUT2D eigenvalue weighted by molar-refractivity contribution is 0.0208. The molecule has 0 aliphatic carbocycles. The topological polar surface area (TPSA) is 56.8 Å². The highest BCUT2D eigenvalue weighted by Gasteiger charge is 2.11. The summed E-state index contributed by atoms with van der Waals surface area (Å²) in [5.41, 5.74) is 2.86. The Bertz CT molecular complexity index is 418. The SMILES string of the molecule is CCOc1ccc(C(=O)NOCC(C)C)cc1OC. The van der Waals surface area contributed by atoms with Gasteiger partial charge < -0.3 is 9.47 Å². The summed E-state index contributed by atoms with van der Waals surface area (Å²) in [6.07, 6.45) is 0. The van der Waals surface area contributed by atoms with Gasteiger partial charge in [-0.25, -0.2) is 5.48 Å². The largest absolute Gasteiger partial charge is 0.493 e. The summed E-state index contributed by atoms with van der Waals surface area (Å²) < 4.78 is 10.6. The van der Waals surface area contributed by atoms with Crippen molar-refractivity contribution in [2.45, 2.75) is 20.8 Å². The summed E-state index contributed by atoms with van der Waals surface area (Å²) >= 11 is 0. The zero-order valence-corrected chi connectivity index (χ0v) is 11.9. The monoisotopic (exact) mass is 267 g/mol. The van der Waals surface area contributed by atoms with E-state index in [1.54, 1.807) is 18.2 Å². The average molecular weight is 267 g/mol. The molecule has 0 heterocycles. The van der Waals surface area contributed by atoms with Crippen LogP contribution in [-0.4, -0.2) is 26.2 Å². The van der Waals surface area contributed by atoms with Crippen molar-refractivity contribution in [2.75, 3.05) is 20.3 Å². The molecule has 0 aromatic heterocycles. The molecule has 0 aliphatic heterocycles. The second-order valence-corrected chi connectivity index (χ2v) is 4.43. The van der Waals surface area contributed by atoms with Gasteiger partial charge in [-0.2, -0.15) is 0 Å². The number of rotatable bonds is 7. The van der Waals surface area contributed by atoms with Crippen LogP contribution in [-0.2, 0) is 4.84 Å². The quantitative estimate of drug-likeness (QED) is 0.771. The molecule has 1 aromatic carbocycles. The minimum absolute atomic E-state index is 0.304. The molecule has 0 radical (unpaired) electrons. The van der Waals surface area contributed by atoms with Crippen molar-refractivity contribution in [1.29, 1.82) is 0 Å². The Morgan fingerprint density at radius 1 is 1.32 bits per heavy atom. The van der Waals surface area contributed by atoms with Gasteiger partial charge in [0, 0.05) is 5.56 Å². The van der Waals surface area contributed by atoms with E-state index in [-0.39, 0.29) is 5.91 Å². The maximum absolute atomic E-state index is 11.8. The van der Waals surface area contributed by atoms with E-state index < -0.39 is 0 Å². The van der Waals surface area contributed by atoms with Gasteiger partial charge in [0.2, 0.25) is 0 Å². The first-order valence-electron chi connectivity index (χ1n) is 6.31. The van der Waals surface area contributed by atoms with E-state index in [2.05, 4.69) is 5.48 Å². The number of hydrogen-bond donors (Lipinski definition) is 1. The molecule has 0 bridgehead atoms. The van der Waals surface area contributed by atoms with Crippen molar-refractivity contribution < 1.29 is 19.1 Å². The number of benzene rings is 1. The van der Waals surface area contributed by atoms with Crippen LogP contribution < -0.4 is 15.0 Å². The van der Waals surface area contributed by atoms with Gasteiger partial charge in [0.05, 0.1) is 20.3 Å². The number of ether oxygens (including phenoxy) is 2. The Morgan fingerprint density at radius 2 is 2.05 bits per heavy atom. The Morgan fingerprint density at radius 3 is 2.63 bits per heavy atom. The smallest absolute Gasteiger partial charge is 0.274 e. The van der Waals surface area contributed by atoms with E-state index in [4.69, 9.17) is 14.3 Å². The molecule has 1 rings (SSSR count). The zero-order chi connectivity index (χ0) is 14.3. The first-order chi connectivity index (χ1) is 9.08.